The summed E-state index contributed by atoms with van der Waals surface area (Å²) in [6.07, 6.45) is 3.15. The molecule has 0 N–H and O–H groups in total. The Morgan fingerprint density at radius 2 is 1.83 bits per heavy atom. The van der Waals surface area contributed by atoms with Crippen LogP contribution >= 0.6 is 15.9 Å². The normalized spacial score (nSPS) is 9.61. The Bertz CT molecular complexity index is 593. The van der Waals surface area contributed by atoms with Crippen LogP contribution in [0.5, 0.6) is 17.5 Å². The van der Waals surface area contributed by atoms with Crippen molar-refractivity contribution >= 4 is 15.9 Å². The molecule has 90 valence electrons. The zero-order valence-electron chi connectivity index (χ0n) is 9.42. The second-order valence-corrected chi connectivity index (χ2v) is 4.21. The Kier molecular flexibility index (Phi) is 3.75. The van der Waals surface area contributed by atoms with E-state index in [0.717, 1.165) is 4.47 Å². The van der Waals surface area contributed by atoms with Crippen LogP contribution in [0.2, 0.25) is 0 Å². The maximum atomic E-state index is 8.89. The minimum atomic E-state index is 0.204. The lowest BCUT2D eigenvalue weighted by molar-refractivity contribution is 0.404. The second kappa shape index (κ2) is 5.47. The van der Waals surface area contributed by atoms with Gasteiger partial charge in [-0.25, -0.2) is 9.97 Å². The zero-order valence-corrected chi connectivity index (χ0v) is 11.0. The van der Waals surface area contributed by atoms with Crippen LogP contribution in [0.25, 0.3) is 0 Å². The molecule has 0 spiro atoms. The van der Waals surface area contributed by atoms with Gasteiger partial charge in [-0.3, -0.25) is 0 Å². The zero-order chi connectivity index (χ0) is 13.0. The number of nitriles is 1. The summed E-state index contributed by atoms with van der Waals surface area (Å²) >= 11 is 3.23. The minimum absolute atomic E-state index is 0.204. The summed E-state index contributed by atoms with van der Waals surface area (Å²) in [5.41, 5.74) is 0.446. The lowest BCUT2D eigenvalue weighted by Crippen LogP contribution is -1.92. The van der Waals surface area contributed by atoms with Gasteiger partial charge in [0, 0.05) is 18.5 Å². The van der Waals surface area contributed by atoms with Crippen LogP contribution < -0.4 is 9.47 Å². The molecule has 0 atom stereocenters. The van der Waals surface area contributed by atoms with E-state index in [9.17, 15) is 0 Å². The highest BCUT2D eigenvalue weighted by Crippen LogP contribution is 2.25. The molecular formula is C12H8BrN3O2. The predicted molar refractivity (Wildman–Crippen MR) is 67.5 cm³/mol. The van der Waals surface area contributed by atoms with E-state index < -0.39 is 0 Å². The number of methoxy groups -OCH3 is 1. The fraction of sp³-hybridized carbons (Fsp3) is 0.0833. The van der Waals surface area contributed by atoms with E-state index in [4.69, 9.17) is 14.7 Å². The van der Waals surface area contributed by atoms with E-state index >= 15 is 0 Å². The molecule has 18 heavy (non-hydrogen) atoms. The lowest BCUT2D eigenvalue weighted by atomic mass is 10.2. The molecular weight excluding hydrogens is 298 g/mol. The van der Waals surface area contributed by atoms with Gasteiger partial charge < -0.3 is 9.47 Å². The molecule has 0 radical (unpaired) electrons. The third kappa shape index (κ3) is 2.96. The molecule has 2 aromatic rings. The molecule has 6 heteroatoms. The SMILES string of the molecule is COc1cc(C#N)cc(Oc2ncc(Br)cn2)c1. The van der Waals surface area contributed by atoms with Crippen molar-refractivity contribution in [2.75, 3.05) is 7.11 Å². The van der Waals surface area contributed by atoms with E-state index in [1.54, 1.807) is 30.6 Å². The number of benzene rings is 1. The number of nitrogens with zero attached hydrogens (tertiary/aromatic N) is 3. The molecule has 0 amide bonds. The van der Waals surface area contributed by atoms with Gasteiger partial charge in [0.05, 0.1) is 23.2 Å². The molecule has 0 fully saturated rings. The topological polar surface area (TPSA) is 68.0 Å². The number of hydrogen-bond acceptors (Lipinski definition) is 5. The van der Waals surface area contributed by atoms with Crippen molar-refractivity contribution in [2.24, 2.45) is 0 Å². The number of halogens is 1. The van der Waals surface area contributed by atoms with Gasteiger partial charge in [0.2, 0.25) is 0 Å². The smallest absolute Gasteiger partial charge is 0.321 e. The molecule has 0 bridgehead atoms. The highest BCUT2D eigenvalue weighted by Gasteiger charge is 2.05. The number of aromatic nitrogens is 2. The van der Waals surface area contributed by atoms with Gasteiger partial charge in [0.25, 0.3) is 0 Å². The molecule has 0 aliphatic carbocycles. The summed E-state index contributed by atoms with van der Waals surface area (Å²) in [6.45, 7) is 0. The van der Waals surface area contributed by atoms with Crippen molar-refractivity contribution in [1.82, 2.24) is 9.97 Å². The van der Waals surface area contributed by atoms with E-state index in [0.29, 0.717) is 17.1 Å². The number of hydrogen-bond donors (Lipinski definition) is 0. The first-order valence-corrected chi connectivity index (χ1v) is 5.75. The Hall–Kier alpha value is -2.13. The highest BCUT2D eigenvalue weighted by atomic mass is 79.9. The second-order valence-electron chi connectivity index (χ2n) is 3.29. The molecule has 1 aromatic carbocycles. The first kappa shape index (κ1) is 12.3. The summed E-state index contributed by atoms with van der Waals surface area (Å²) < 4.78 is 11.3. The first-order chi connectivity index (χ1) is 8.71. The third-order valence-electron chi connectivity index (χ3n) is 2.05. The van der Waals surface area contributed by atoms with Crippen LogP contribution in [0.3, 0.4) is 0 Å². The Morgan fingerprint density at radius 1 is 1.17 bits per heavy atom. The average Bonchev–Trinajstić information content (AvgIpc) is 2.41. The molecule has 0 unspecified atom stereocenters. The molecule has 2 rings (SSSR count). The summed E-state index contributed by atoms with van der Waals surface area (Å²) in [7, 11) is 1.52. The van der Waals surface area contributed by atoms with E-state index in [-0.39, 0.29) is 6.01 Å². The largest absolute Gasteiger partial charge is 0.497 e. The number of rotatable bonds is 3. The predicted octanol–water partition coefficient (Wildman–Crippen LogP) is 2.91. The Balaban J connectivity index is 2.28. The average molecular weight is 306 g/mol. The van der Waals surface area contributed by atoms with Crippen molar-refractivity contribution in [3.8, 4) is 23.6 Å². The van der Waals surface area contributed by atoms with E-state index in [2.05, 4.69) is 25.9 Å². The van der Waals surface area contributed by atoms with Crippen LogP contribution in [0.15, 0.2) is 35.1 Å². The monoisotopic (exact) mass is 305 g/mol. The number of ether oxygens (including phenoxy) is 2. The molecule has 0 aliphatic heterocycles. The van der Waals surface area contributed by atoms with Gasteiger partial charge in [-0.05, 0) is 28.1 Å². The summed E-state index contributed by atoms with van der Waals surface area (Å²) in [4.78, 5) is 7.96. The fourth-order valence-corrected chi connectivity index (χ4v) is 1.48. The molecule has 1 heterocycles. The third-order valence-corrected chi connectivity index (χ3v) is 2.46. The molecule has 0 saturated carbocycles. The van der Waals surface area contributed by atoms with Crippen molar-refractivity contribution in [3.63, 3.8) is 0 Å². The lowest BCUT2D eigenvalue weighted by Gasteiger charge is -2.06. The van der Waals surface area contributed by atoms with Crippen molar-refractivity contribution in [1.29, 1.82) is 5.26 Å². The van der Waals surface area contributed by atoms with Gasteiger partial charge in [-0.1, -0.05) is 0 Å². The quantitative estimate of drug-likeness (QED) is 0.872. The fourth-order valence-electron chi connectivity index (χ4n) is 1.27. The first-order valence-electron chi connectivity index (χ1n) is 4.96. The summed E-state index contributed by atoms with van der Waals surface area (Å²) in [6, 6.07) is 7.10. The van der Waals surface area contributed by atoms with Gasteiger partial charge >= 0.3 is 6.01 Å². The van der Waals surface area contributed by atoms with Gasteiger partial charge in [0.15, 0.2) is 0 Å². The van der Waals surface area contributed by atoms with Crippen LogP contribution in [0.4, 0.5) is 0 Å². The molecule has 0 saturated heterocycles. The van der Waals surface area contributed by atoms with Crippen molar-refractivity contribution in [2.45, 2.75) is 0 Å². The maximum absolute atomic E-state index is 8.89. The Morgan fingerprint density at radius 3 is 2.44 bits per heavy atom. The van der Waals surface area contributed by atoms with E-state index in [1.807, 2.05) is 6.07 Å². The van der Waals surface area contributed by atoms with Crippen molar-refractivity contribution in [3.05, 3.63) is 40.6 Å². The molecule has 5 nitrogen and oxygen atoms in total. The van der Waals surface area contributed by atoms with Gasteiger partial charge in [0.1, 0.15) is 11.5 Å². The van der Waals surface area contributed by atoms with Crippen LogP contribution in [-0.2, 0) is 0 Å². The Labute approximate surface area is 112 Å². The van der Waals surface area contributed by atoms with Crippen molar-refractivity contribution < 1.29 is 9.47 Å². The standard InChI is InChI=1S/C12H8BrN3O2/c1-17-10-2-8(5-14)3-11(4-10)18-12-15-6-9(13)7-16-12/h2-4,6-7H,1H3. The van der Waals surface area contributed by atoms with Crippen LogP contribution in [-0.4, -0.2) is 17.1 Å². The minimum Gasteiger partial charge on any atom is -0.497 e. The van der Waals surface area contributed by atoms with E-state index in [1.165, 1.54) is 7.11 Å². The summed E-state index contributed by atoms with van der Waals surface area (Å²) in [5, 5.41) is 8.89. The molecule has 1 aromatic heterocycles. The van der Waals surface area contributed by atoms with Gasteiger partial charge in [-0.15, -0.1) is 0 Å². The molecule has 0 aliphatic rings. The summed E-state index contributed by atoms with van der Waals surface area (Å²) in [5.74, 6) is 0.995. The highest BCUT2D eigenvalue weighted by molar-refractivity contribution is 9.10. The van der Waals surface area contributed by atoms with Gasteiger partial charge in [-0.2, -0.15) is 5.26 Å². The van der Waals surface area contributed by atoms with Crippen LogP contribution in [0.1, 0.15) is 5.56 Å². The van der Waals surface area contributed by atoms with Crippen LogP contribution in [0, 0.1) is 11.3 Å². The maximum Gasteiger partial charge on any atom is 0.321 e.